The fourth-order valence-corrected chi connectivity index (χ4v) is 4.46. The monoisotopic (exact) mass is 556 g/mol. The van der Waals surface area contributed by atoms with Crippen LogP contribution in [0.3, 0.4) is 0 Å². The minimum Gasteiger partial charge on any atom is -0.458 e. The zero-order chi connectivity index (χ0) is 28.8. The number of nitrogens with zero attached hydrogens (tertiary/aromatic N) is 5. The minimum absolute atomic E-state index is 0.0129. The van der Waals surface area contributed by atoms with Crippen LogP contribution in [-0.4, -0.2) is 73.1 Å². The van der Waals surface area contributed by atoms with E-state index in [0.29, 0.717) is 5.75 Å². The Morgan fingerprint density at radius 2 is 1.72 bits per heavy atom. The van der Waals surface area contributed by atoms with Gasteiger partial charge in [-0.25, -0.2) is 28.0 Å². The third-order valence-electron chi connectivity index (χ3n) is 5.26. The summed E-state index contributed by atoms with van der Waals surface area (Å²) in [5.74, 6) is -0.0974. The normalized spacial score (nSPS) is 12.3. The van der Waals surface area contributed by atoms with Crippen molar-refractivity contribution in [1.29, 1.82) is 0 Å². The van der Waals surface area contributed by atoms with Crippen LogP contribution < -0.4 is 14.4 Å². The third-order valence-corrected chi connectivity index (χ3v) is 7.02. The van der Waals surface area contributed by atoms with Crippen LogP contribution in [0.2, 0.25) is 0 Å². The van der Waals surface area contributed by atoms with Crippen molar-refractivity contribution in [3.63, 3.8) is 0 Å². The van der Waals surface area contributed by atoms with Crippen molar-refractivity contribution in [2.24, 2.45) is 0 Å². The second-order valence-electron chi connectivity index (χ2n) is 9.76. The van der Waals surface area contributed by atoms with Crippen molar-refractivity contribution in [1.82, 2.24) is 19.9 Å². The maximum absolute atomic E-state index is 13.2. The highest BCUT2D eigenvalue weighted by molar-refractivity contribution is 7.92. The molecule has 3 rings (SSSR count). The van der Waals surface area contributed by atoms with Crippen molar-refractivity contribution in [2.75, 3.05) is 30.8 Å². The lowest BCUT2D eigenvalue weighted by atomic mass is 10.1. The molecule has 208 valence electrons. The average molecular weight is 557 g/mol. The Bertz CT molecular complexity index is 1390. The number of hydrogen-bond acceptors (Lipinski definition) is 10. The van der Waals surface area contributed by atoms with Crippen molar-refractivity contribution in [3.8, 4) is 5.75 Å². The zero-order valence-electron chi connectivity index (χ0n) is 22.7. The van der Waals surface area contributed by atoms with Crippen molar-refractivity contribution in [3.05, 3.63) is 66.9 Å². The van der Waals surface area contributed by atoms with E-state index in [1.54, 1.807) is 59.1 Å². The van der Waals surface area contributed by atoms with E-state index in [-0.39, 0.29) is 22.8 Å². The highest BCUT2D eigenvalue weighted by Crippen LogP contribution is 2.28. The highest BCUT2D eigenvalue weighted by Gasteiger charge is 2.29. The van der Waals surface area contributed by atoms with Gasteiger partial charge in [0.2, 0.25) is 0 Å². The van der Waals surface area contributed by atoms with Crippen LogP contribution in [0.1, 0.15) is 26.3 Å². The molecule has 0 unspecified atom stereocenters. The minimum atomic E-state index is -3.99. The third kappa shape index (κ3) is 7.87. The quantitative estimate of drug-likeness (QED) is 0.390. The lowest BCUT2D eigenvalue weighted by Gasteiger charge is -2.27. The molecule has 0 spiro atoms. The van der Waals surface area contributed by atoms with E-state index in [0.717, 1.165) is 9.87 Å². The van der Waals surface area contributed by atoms with Crippen molar-refractivity contribution < 1.29 is 27.5 Å². The number of pyridine rings is 1. The van der Waals surface area contributed by atoms with Gasteiger partial charge in [0.15, 0.2) is 5.82 Å². The largest absolute Gasteiger partial charge is 0.458 e. The van der Waals surface area contributed by atoms with E-state index in [4.69, 9.17) is 9.47 Å². The van der Waals surface area contributed by atoms with Gasteiger partial charge >= 0.3 is 12.1 Å². The Hall–Kier alpha value is -4.26. The van der Waals surface area contributed by atoms with Crippen LogP contribution in [0, 0.1) is 0 Å². The summed E-state index contributed by atoms with van der Waals surface area (Å²) >= 11 is 0. The van der Waals surface area contributed by atoms with Gasteiger partial charge in [-0.1, -0.05) is 12.1 Å². The molecule has 39 heavy (non-hydrogen) atoms. The first-order valence-electron chi connectivity index (χ1n) is 11.9. The van der Waals surface area contributed by atoms with Crippen molar-refractivity contribution >= 4 is 33.6 Å². The first kappa shape index (κ1) is 29.3. The molecule has 0 fully saturated rings. The maximum atomic E-state index is 13.2. The molecule has 0 aliphatic rings. The van der Waals surface area contributed by atoms with E-state index >= 15 is 0 Å². The van der Waals surface area contributed by atoms with Crippen LogP contribution in [0.15, 0.2) is 66.2 Å². The Balaban J connectivity index is 1.90. The number of carbonyl (C=O) groups excluding carboxylic acids is 2. The lowest BCUT2D eigenvalue weighted by Crippen LogP contribution is -2.39. The van der Waals surface area contributed by atoms with Gasteiger partial charge in [-0.2, -0.15) is 0 Å². The molecular weight excluding hydrogens is 524 g/mol. The molecule has 0 bridgehead atoms. The predicted octanol–water partition coefficient (Wildman–Crippen LogP) is 3.12. The zero-order valence-corrected chi connectivity index (χ0v) is 23.5. The van der Waals surface area contributed by atoms with E-state index < -0.39 is 33.7 Å². The molecule has 0 aliphatic heterocycles. The van der Waals surface area contributed by atoms with E-state index in [2.05, 4.69) is 20.3 Å². The summed E-state index contributed by atoms with van der Waals surface area (Å²) in [6.07, 6.45) is 4.95. The average Bonchev–Trinajstić information content (AvgIpc) is 2.88. The number of benzene rings is 1. The number of carbonyl (C=O) groups is 2. The van der Waals surface area contributed by atoms with Gasteiger partial charge in [-0.15, -0.1) is 0 Å². The molecule has 1 atom stereocenters. The summed E-state index contributed by atoms with van der Waals surface area (Å²) in [5.41, 5.74) is 0.0896. The lowest BCUT2D eigenvalue weighted by molar-refractivity contribution is -0.155. The Kier molecular flexibility index (Phi) is 9.07. The van der Waals surface area contributed by atoms with E-state index in [9.17, 15) is 18.0 Å². The molecule has 12 nitrogen and oxygen atoms in total. The molecule has 2 aromatic heterocycles. The highest BCUT2D eigenvalue weighted by atomic mass is 32.2. The summed E-state index contributed by atoms with van der Waals surface area (Å²) in [6.45, 7) is 5.25. The summed E-state index contributed by atoms with van der Waals surface area (Å²) in [5, 5.41) is 3.05. The van der Waals surface area contributed by atoms with E-state index in [1.165, 1.54) is 49.0 Å². The number of ether oxygens (including phenoxy) is 2. The fraction of sp³-hybridized carbons (Fsp3) is 0.346. The Morgan fingerprint density at radius 1 is 1.03 bits per heavy atom. The summed E-state index contributed by atoms with van der Waals surface area (Å²) < 4.78 is 38.3. The molecule has 1 amide bonds. The number of sulfonamides is 1. The van der Waals surface area contributed by atoms with Crippen LogP contribution in [0.5, 0.6) is 5.75 Å². The van der Waals surface area contributed by atoms with E-state index in [1.807, 2.05) is 0 Å². The first-order valence-corrected chi connectivity index (χ1v) is 13.4. The van der Waals surface area contributed by atoms with Gasteiger partial charge in [0.1, 0.15) is 34.3 Å². The molecule has 0 radical (unpaired) electrons. The van der Waals surface area contributed by atoms with Gasteiger partial charge in [-0.05, 0) is 50.6 Å². The molecule has 3 aromatic rings. The van der Waals surface area contributed by atoms with Gasteiger partial charge in [-0.3, -0.25) is 9.29 Å². The molecule has 0 saturated carbocycles. The standard InChI is InChI=1S/C26H32N6O6S/c1-26(2,3)38-24(33)21(14-18-9-11-19(12-10-18)37-25(34)31(4)5)30-23-22(16-28-17-29-23)32(6)39(35,36)20-8-7-13-27-15-20/h7-13,15-17,21H,14H2,1-6H3,(H,28,29,30)/t21-/m0/s1. The molecule has 0 aliphatic carbocycles. The Morgan fingerprint density at radius 3 is 2.31 bits per heavy atom. The van der Waals surface area contributed by atoms with Crippen LogP contribution in [-0.2, 0) is 26.0 Å². The van der Waals surface area contributed by atoms with Gasteiger partial charge in [0.25, 0.3) is 10.0 Å². The van der Waals surface area contributed by atoms with Crippen LogP contribution in [0.25, 0.3) is 0 Å². The van der Waals surface area contributed by atoms with Crippen LogP contribution >= 0.6 is 0 Å². The molecule has 13 heteroatoms. The summed E-state index contributed by atoms with van der Waals surface area (Å²) in [4.78, 5) is 38.4. The smallest absolute Gasteiger partial charge is 0.414 e. The maximum Gasteiger partial charge on any atom is 0.414 e. The molecule has 2 heterocycles. The van der Waals surface area contributed by atoms with Crippen LogP contribution in [0.4, 0.5) is 16.3 Å². The second-order valence-corrected chi connectivity index (χ2v) is 11.7. The van der Waals surface area contributed by atoms with Crippen molar-refractivity contribution in [2.45, 2.75) is 43.7 Å². The molecular formula is C26H32N6O6S. The topological polar surface area (TPSA) is 144 Å². The fourth-order valence-electron chi connectivity index (χ4n) is 3.30. The second kappa shape index (κ2) is 12.1. The number of anilines is 2. The Labute approximate surface area is 228 Å². The molecule has 1 aromatic carbocycles. The molecule has 0 saturated heterocycles. The predicted molar refractivity (Wildman–Crippen MR) is 145 cm³/mol. The summed E-state index contributed by atoms with van der Waals surface area (Å²) in [6, 6.07) is 8.68. The van der Waals surface area contributed by atoms with Gasteiger partial charge in [0, 0.05) is 40.0 Å². The van der Waals surface area contributed by atoms with Gasteiger partial charge in [0.05, 0.1) is 6.20 Å². The SMILES string of the molecule is CN(C)C(=O)Oc1ccc(C[C@H](Nc2ncncc2N(C)S(=O)(=O)c2cccnc2)C(=O)OC(C)(C)C)cc1. The number of nitrogens with one attached hydrogen (secondary N) is 1. The number of rotatable bonds is 9. The number of amides is 1. The van der Waals surface area contributed by atoms with Gasteiger partial charge < -0.3 is 19.7 Å². The molecule has 1 N–H and O–H groups in total. The number of hydrogen-bond donors (Lipinski definition) is 1. The summed E-state index contributed by atoms with van der Waals surface area (Å²) in [7, 11) is 0.530. The number of esters is 1. The first-order chi connectivity index (χ1) is 18.3. The number of aromatic nitrogens is 3.